The molecule has 34 heavy (non-hydrogen) atoms. The van der Waals surface area contributed by atoms with E-state index in [4.69, 9.17) is 0 Å². The molecule has 3 aromatic rings. The summed E-state index contributed by atoms with van der Waals surface area (Å²) < 4.78 is 0. The molecule has 0 amide bonds. The third-order valence-electron chi connectivity index (χ3n) is 5.72. The highest BCUT2D eigenvalue weighted by Crippen LogP contribution is 2.35. The Morgan fingerprint density at radius 1 is 0.882 bits per heavy atom. The van der Waals surface area contributed by atoms with Gasteiger partial charge in [-0.1, -0.05) is 39.2 Å². The van der Waals surface area contributed by atoms with Gasteiger partial charge in [0, 0.05) is 25.2 Å². The summed E-state index contributed by atoms with van der Waals surface area (Å²) in [7, 11) is 0. The van der Waals surface area contributed by atoms with Crippen molar-refractivity contribution in [1.82, 2.24) is 15.0 Å². The molecule has 1 heterocycles. The van der Waals surface area contributed by atoms with Gasteiger partial charge in [-0.3, -0.25) is 0 Å². The van der Waals surface area contributed by atoms with Crippen molar-refractivity contribution >= 4 is 5.95 Å². The first-order valence-corrected chi connectivity index (χ1v) is 11.5. The van der Waals surface area contributed by atoms with Crippen molar-refractivity contribution < 1.29 is 20.4 Å². The Labute approximate surface area is 199 Å². The Kier molecular flexibility index (Phi) is 8.29. The van der Waals surface area contributed by atoms with Gasteiger partial charge in [-0.2, -0.15) is 9.97 Å². The first-order chi connectivity index (χ1) is 16.4. The second kappa shape index (κ2) is 11.4. The smallest absolute Gasteiger partial charge is 0.229 e. The van der Waals surface area contributed by atoms with Gasteiger partial charge >= 0.3 is 0 Å². The Morgan fingerprint density at radius 2 is 1.44 bits per heavy atom. The summed E-state index contributed by atoms with van der Waals surface area (Å²) in [6.45, 7) is 9.45. The maximum absolute atomic E-state index is 10.4. The van der Waals surface area contributed by atoms with E-state index in [1.54, 1.807) is 6.08 Å². The Bertz CT molecular complexity index is 1070. The molecule has 2 aromatic carbocycles. The fourth-order valence-corrected chi connectivity index (χ4v) is 3.79. The Hall–Kier alpha value is -3.81. The standard InChI is InChI=1S/C26H32N4O4/c1-4-7-8-17(6-3)16-30(13-5-2)26-28-24(20-11-9-18(31)14-22(20)33)27-25(29-26)21-12-10-19(32)15-23(21)34/h5,9-12,14-15,17,31-34H,2,4,6-8,13,16H2,1,3H3. The minimum atomic E-state index is -0.178. The zero-order chi connectivity index (χ0) is 24.7. The van der Waals surface area contributed by atoms with Crippen LogP contribution in [0.4, 0.5) is 5.95 Å². The van der Waals surface area contributed by atoms with Gasteiger partial charge in [0.05, 0.1) is 11.1 Å². The first kappa shape index (κ1) is 24.8. The number of hydrogen-bond donors (Lipinski definition) is 4. The lowest BCUT2D eigenvalue weighted by Crippen LogP contribution is -2.31. The van der Waals surface area contributed by atoms with Gasteiger partial charge in [0.25, 0.3) is 0 Å². The summed E-state index contributed by atoms with van der Waals surface area (Å²) in [6.07, 6.45) is 6.14. The number of nitrogens with zero attached hydrogens (tertiary/aromatic N) is 4. The maximum Gasteiger partial charge on any atom is 0.229 e. The van der Waals surface area contributed by atoms with Crippen LogP contribution < -0.4 is 4.90 Å². The van der Waals surface area contributed by atoms with Crippen LogP contribution in [0.2, 0.25) is 0 Å². The number of rotatable bonds is 11. The number of unbranched alkanes of at least 4 members (excludes halogenated alkanes) is 1. The summed E-state index contributed by atoms with van der Waals surface area (Å²) in [6, 6.07) is 8.37. The van der Waals surface area contributed by atoms with Crippen molar-refractivity contribution in [3.8, 4) is 45.8 Å². The molecule has 180 valence electrons. The third kappa shape index (κ3) is 5.95. The number of phenolic OH excluding ortho intramolecular Hbond substituents is 4. The molecule has 0 aliphatic heterocycles. The van der Waals surface area contributed by atoms with E-state index < -0.39 is 0 Å². The van der Waals surface area contributed by atoms with Crippen molar-refractivity contribution in [2.45, 2.75) is 39.5 Å². The Balaban J connectivity index is 2.14. The SMILES string of the molecule is C=CCN(CC(CC)CCCC)c1nc(-c2ccc(O)cc2O)nc(-c2ccc(O)cc2O)n1. The van der Waals surface area contributed by atoms with Gasteiger partial charge in [0.1, 0.15) is 23.0 Å². The van der Waals surface area contributed by atoms with Crippen molar-refractivity contribution in [3.63, 3.8) is 0 Å². The second-order valence-corrected chi connectivity index (χ2v) is 8.30. The molecule has 0 radical (unpaired) electrons. The van der Waals surface area contributed by atoms with E-state index in [0.717, 1.165) is 25.7 Å². The average Bonchev–Trinajstić information content (AvgIpc) is 2.80. The van der Waals surface area contributed by atoms with Crippen LogP contribution in [-0.2, 0) is 0 Å². The van der Waals surface area contributed by atoms with E-state index in [-0.39, 0.29) is 34.6 Å². The Morgan fingerprint density at radius 3 is 1.88 bits per heavy atom. The number of aromatic nitrogens is 3. The largest absolute Gasteiger partial charge is 0.508 e. The van der Waals surface area contributed by atoms with Gasteiger partial charge in [-0.25, -0.2) is 4.98 Å². The molecule has 0 saturated carbocycles. The van der Waals surface area contributed by atoms with Crippen LogP contribution >= 0.6 is 0 Å². The van der Waals surface area contributed by atoms with Gasteiger partial charge in [-0.15, -0.1) is 6.58 Å². The zero-order valence-electron chi connectivity index (χ0n) is 19.6. The number of aromatic hydroxyl groups is 4. The lowest BCUT2D eigenvalue weighted by Gasteiger charge is -2.27. The summed E-state index contributed by atoms with van der Waals surface area (Å²) >= 11 is 0. The monoisotopic (exact) mass is 464 g/mol. The molecule has 8 heteroatoms. The molecular weight excluding hydrogens is 432 g/mol. The lowest BCUT2D eigenvalue weighted by molar-refractivity contribution is 0.447. The second-order valence-electron chi connectivity index (χ2n) is 8.30. The molecule has 8 nitrogen and oxygen atoms in total. The van der Waals surface area contributed by atoms with Crippen LogP contribution in [0.3, 0.4) is 0 Å². The minimum Gasteiger partial charge on any atom is -0.508 e. The molecule has 0 aliphatic rings. The number of benzene rings is 2. The highest BCUT2D eigenvalue weighted by atomic mass is 16.3. The van der Waals surface area contributed by atoms with Crippen molar-refractivity contribution in [3.05, 3.63) is 49.1 Å². The predicted octanol–water partition coefficient (Wildman–Crippen LogP) is 5.24. The van der Waals surface area contributed by atoms with Crippen LogP contribution in [0.15, 0.2) is 49.1 Å². The van der Waals surface area contributed by atoms with E-state index in [1.165, 1.54) is 36.4 Å². The normalized spacial score (nSPS) is 11.8. The van der Waals surface area contributed by atoms with Crippen molar-refractivity contribution in [2.24, 2.45) is 5.92 Å². The summed E-state index contributed by atoms with van der Waals surface area (Å²) in [5, 5.41) is 40.3. The van der Waals surface area contributed by atoms with Crippen LogP contribution in [-0.4, -0.2) is 48.5 Å². The molecule has 3 rings (SSSR count). The first-order valence-electron chi connectivity index (χ1n) is 11.5. The highest BCUT2D eigenvalue weighted by molar-refractivity contribution is 5.71. The van der Waals surface area contributed by atoms with Crippen LogP contribution in [0.5, 0.6) is 23.0 Å². The van der Waals surface area contributed by atoms with Crippen LogP contribution in [0.25, 0.3) is 22.8 Å². The van der Waals surface area contributed by atoms with Gasteiger partial charge in [-0.05, 0) is 36.6 Å². The molecule has 4 N–H and O–H groups in total. The molecule has 1 atom stereocenters. The number of anilines is 1. The van der Waals surface area contributed by atoms with Crippen molar-refractivity contribution in [2.75, 3.05) is 18.0 Å². The lowest BCUT2D eigenvalue weighted by atomic mass is 9.99. The third-order valence-corrected chi connectivity index (χ3v) is 5.72. The quantitative estimate of drug-likeness (QED) is 0.284. The summed E-state index contributed by atoms with van der Waals surface area (Å²) in [5.41, 5.74) is 0.634. The van der Waals surface area contributed by atoms with Gasteiger partial charge < -0.3 is 25.3 Å². The molecule has 1 unspecified atom stereocenters. The van der Waals surface area contributed by atoms with E-state index in [0.29, 0.717) is 36.1 Å². The predicted molar refractivity (Wildman–Crippen MR) is 133 cm³/mol. The molecule has 0 bridgehead atoms. The molecule has 0 saturated heterocycles. The van der Waals surface area contributed by atoms with E-state index in [2.05, 4.69) is 35.4 Å². The molecule has 0 aliphatic carbocycles. The highest BCUT2D eigenvalue weighted by Gasteiger charge is 2.20. The summed E-state index contributed by atoms with van der Waals surface area (Å²) in [5.74, 6) is 0.693. The minimum absolute atomic E-state index is 0.0815. The molecule has 1 aromatic heterocycles. The summed E-state index contributed by atoms with van der Waals surface area (Å²) in [4.78, 5) is 15.8. The number of phenols is 4. The van der Waals surface area contributed by atoms with E-state index in [9.17, 15) is 20.4 Å². The molecular formula is C26H32N4O4. The topological polar surface area (TPSA) is 123 Å². The van der Waals surface area contributed by atoms with E-state index in [1.807, 2.05) is 4.90 Å². The zero-order valence-corrected chi connectivity index (χ0v) is 19.6. The fourth-order valence-electron chi connectivity index (χ4n) is 3.79. The average molecular weight is 465 g/mol. The molecule has 0 fully saturated rings. The van der Waals surface area contributed by atoms with Crippen LogP contribution in [0.1, 0.15) is 39.5 Å². The van der Waals surface area contributed by atoms with Gasteiger partial charge in [0.15, 0.2) is 11.6 Å². The fraction of sp³-hybridized carbons (Fsp3) is 0.346. The van der Waals surface area contributed by atoms with Crippen LogP contribution in [0, 0.1) is 5.92 Å². The van der Waals surface area contributed by atoms with Crippen molar-refractivity contribution in [1.29, 1.82) is 0 Å². The maximum atomic E-state index is 10.4. The number of hydrogen-bond acceptors (Lipinski definition) is 8. The van der Waals surface area contributed by atoms with Gasteiger partial charge in [0.2, 0.25) is 5.95 Å². The molecule has 0 spiro atoms. The van der Waals surface area contributed by atoms with E-state index >= 15 is 0 Å².